The molecule has 6 heteroatoms. The Balaban J connectivity index is 1.63. The fourth-order valence-corrected chi connectivity index (χ4v) is 5.63. The third kappa shape index (κ3) is 4.26. The zero-order valence-corrected chi connectivity index (χ0v) is 20.6. The number of benzene rings is 2. The second-order valence-electron chi connectivity index (χ2n) is 10.2. The highest BCUT2D eigenvalue weighted by molar-refractivity contribution is 5.90. The van der Waals surface area contributed by atoms with Crippen LogP contribution in [0.15, 0.2) is 48.5 Å². The quantitative estimate of drug-likeness (QED) is 0.488. The van der Waals surface area contributed by atoms with Gasteiger partial charge >= 0.3 is 11.9 Å². The van der Waals surface area contributed by atoms with Crippen molar-refractivity contribution in [2.24, 2.45) is 16.7 Å². The minimum Gasteiger partial charge on any atom is -0.497 e. The minimum absolute atomic E-state index is 0.231. The van der Waals surface area contributed by atoms with Crippen molar-refractivity contribution in [2.45, 2.75) is 58.7 Å². The molecular weight excluding hydrogens is 432 g/mol. The number of carbonyl (C=O) groups excluding carboxylic acids is 2. The maximum absolute atomic E-state index is 13.2. The van der Waals surface area contributed by atoms with E-state index in [0.717, 1.165) is 25.7 Å². The van der Waals surface area contributed by atoms with E-state index in [9.17, 15) is 9.59 Å². The van der Waals surface area contributed by atoms with Crippen LogP contribution < -0.4 is 9.47 Å². The van der Waals surface area contributed by atoms with E-state index in [0.29, 0.717) is 22.6 Å². The molecule has 0 aliphatic heterocycles. The lowest BCUT2D eigenvalue weighted by Crippen LogP contribution is -2.64. The number of methoxy groups -OCH3 is 2. The van der Waals surface area contributed by atoms with Crippen molar-refractivity contribution in [3.8, 4) is 11.5 Å². The summed E-state index contributed by atoms with van der Waals surface area (Å²) in [6.45, 7) is 6.49. The molecule has 0 heterocycles. The van der Waals surface area contributed by atoms with Crippen molar-refractivity contribution in [3.63, 3.8) is 0 Å². The number of rotatable bonds is 7. The van der Waals surface area contributed by atoms with Crippen LogP contribution in [0.1, 0.15) is 67.2 Å². The molecule has 0 saturated heterocycles. The van der Waals surface area contributed by atoms with Crippen molar-refractivity contribution in [1.29, 1.82) is 0 Å². The van der Waals surface area contributed by atoms with Gasteiger partial charge in [0.2, 0.25) is 0 Å². The van der Waals surface area contributed by atoms with E-state index in [-0.39, 0.29) is 16.7 Å². The van der Waals surface area contributed by atoms with Gasteiger partial charge in [-0.2, -0.15) is 0 Å². The topological polar surface area (TPSA) is 71.1 Å². The summed E-state index contributed by atoms with van der Waals surface area (Å²) in [4.78, 5) is 26.4. The van der Waals surface area contributed by atoms with E-state index in [2.05, 4.69) is 20.8 Å². The zero-order valence-electron chi connectivity index (χ0n) is 20.6. The van der Waals surface area contributed by atoms with Crippen molar-refractivity contribution >= 4 is 11.9 Å². The normalized spacial score (nSPS) is 27.8. The standard InChI is InChI=1S/C28H34O6/c1-18(2)28-16-14-27(3,15-17-28)23(33-25(29)19-6-10-21(31-4)11-7-19)24(28)34-26(30)20-8-12-22(32-5)13-9-20/h6-13,18,23-24H,14-17H2,1-5H3/t23-,24+,27?,28?/m1/s1. The number of ether oxygens (including phenoxy) is 4. The smallest absolute Gasteiger partial charge is 0.338 e. The van der Waals surface area contributed by atoms with Gasteiger partial charge in [-0.1, -0.05) is 20.8 Å². The van der Waals surface area contributed by atoms with Crippen LogP contribution >= 0.6 is 0 Å². The van der Waals surface area contributed by atoms with Crippen LogP contribution in [-0.4, -0.2) is 38.4 Å². The van der Waals surface area contributed by atoms with Gasteiger partial charge < -0.3 is 18.9 Å². The first-order valence-corrected chi connectivity index (χ1v) is 11.9. The fraction of sp³-hybridized carbons (Fsp3) is 0.500. The Bertz CT molecular complexity index is 1020. The average Bonchev–Trinajstić information content (AvgIpc) is 2.86. The lowest BCUT2D eigenvalue weighted by Gasteiger charge is -2.61. The van der Waals surface area contributed by atoms with Gasteiger partial charge in [0.25, 0.3) is 0 Å². The van der Waals surface area contributed by atoms with Gasteiger partial charge in [-0.25, -0.2) is 9.59 Å². The summed E-state index contributed by atoms with van der Waals surface area (Å²) in [5.74, 6) is 0.796. The molecule has 0 N–H and O–H groups in total. The van der Waals surface area contributed by atoms with Crippen LogP contribution in [0.5, 0.6) is 11.5 Å². The maximum Gasteiger partial charge on any atom is 0.338 e. The molecule has 2 aromatic rings. The van der Waals surface area contributed by atoms with E-state index >= 15 is 0 Å². The third-order valence-electron chi connectivity index (χ3n) is 8.12. The van der Waals surface area contributed by atoms with E-state index in [4.69, 9.17) is 18.9 Å². The highest BCUT2D eigenvalue weighted by atomic mass is 16.6. The molecule has 34 heavy (non-hydrogen) atoms. The predicted molar refractivity (Wildman–Crippen MR) is 128 cm³/mol. The number of esters is 2. The van der Waals surface area contributed by atoms with Crippen molar-refractivity contribution in [3.05, 3.63) is 59.7 Å². The van der Waals surface area contributed by atoms with Crippen LogP contribution in [0.3, 0.4) is 0 Å². The second kappa shape index (κ2) is 9.32. The molecular formula is C28H34O6. The highest BCUT2D eigenvalue weighted by Crippen LogP contribution is 2.61. The predicted octanol–water partition coefficient (Wildman–Crippen LogP) is 5.69. The molecule has 5 rings (SSSR count). The largest absolute Gasteiger partial charge is 0.497 e. The first kappa shape index (κ1) is 24.1. The number of carbonyl (C=O) groups is 2. The van der Waals surface area contributed by atoms with Crippen molar-refractivity contribution in [1.82, 2.24) is 0 Å². The summed E-state index contributed by atoms with van der Waals surface area (Å²) in [7, 11) is 3.17. The Morgan fingerprint density at radius 3 is 1.53 bits per heavy atom. The average molecular weight is 467 g/mol. The van der Waals surface area contributed by atoms with Crippen LogP contribution in [-0.2, 0) is 9.47 Å². The minimum atomic E-state index is -0.519. The van der Waals surface area contributed by atoms with E-state index in [1.807, 2.05) is 0 Å². The summed E-state index contributed by atoms with van der Waals surface area (Å²) in [5.41, 5.74) is 0.421. The highest BCUT2D eigenvalue weighted by Gasteiger charge is 2.63. The molecule has 2 atom stereocenters. The Morgan fingerprint density at radius 2 is 1.15 bits per heavy atom. The Morgan fingerprint density at radius 1 is 0.735 bits per heavy atom. The van der Waals surface area contributed by atoms with E-state index < -0.39 is 24.1 Å². The molecule has 0 unspecified atom stereocenters. The van der Waals surface area contributed by atoms with Gasteiger partial charge in [0.15, 0.2) is 0 Å². The lowest BCUT2D eigenvalue weighted by molar-refractivity contribution is -0.210. The second-order valence-corrected chi connectivity index (χ2v) is 10.2. The van der Waals surface area contributed by atoms with Gasteiger partial charge in [0, 0.05) is 10.8 Å². The molecule has 0 radical (unpaired) electrons. The molecule has 0 spiro atoms. The monoisotopic (exact) mass is 466 g/mol. The van der Waals surface area contributed by atoms with E-state index in [1.165, 1.54) is 0 Å². The molecule has 3 saturated carbocycles. The molecule has 3 fully saturated rings. The lowest BCUT2D eigenvalue weighted by atomic mass is 9.48. The Hall–Kier alpha value is -3.02. The first-order chi connectivity index (χ1) is 16.2. The molecule has 3 aliphatic carbocycles. The Kier molecular flexibility index (Phi) is 6.61. The molecule has 0 amide bonds. The molecule has 182 valence electrons. The molecule has 0 aromatic heterocycles. The van der Waals surface area contributed by atoms with E-state index in [1.54, 1.807) is 62.8 Å². The molecule has 6 nitrogen and oxygen atoms in total. The van der Waals surface area contributed by atoms with Crippen LogP contribution in [0.25, 0.3) is 0 Å². The molecule has 3 aliphatic rings. The van der Waals surface area contributed by atoms with Crippen LogP contribution in [0.2, 0.25) is 0 Å². The van der Waals surface area contributed by atoms with Gasteiger partial charge in [0.1, 0.15) is 23.7 Å². The third-order valence-corrected chi connectivity index (χ3v) is 8.12. The van der Waals surface area contributed by atoms with Gasteiger partial charge in [-0.05, 0) is 80.1 Å². The SMILES string of the molecule is COc1ccc(C(=O)O[C@@H]2[C@H](OC(=O)c3ccc(OC)cc3)C3(C(C)C)CCC2(C)CC3)cc1. The van der Waals surface area contributed by atoms with Crippen LogP contribution in [0, 0.1) is 16.7 Å². The fourth-order valence-electron chi connectivity index (χ4n) is 5.63. The summed E-state index contributed by atoms with van der Waals surface area (Å²) >= 11 is 0. The summed E-state index contributed by atoms with van der Waals surface area (Å²) in [6.07, 6.45) is 2.72. The Labute approximate surface area is 201 Å². The van der Waals surface area contributed by atoms with Crippen LogP contribution in [0.4, 0.5) is 0 Å². The maximum atomic E-state index is 13.2. The summed E-state index contributed by atoms with van der Waals surface area (Å²) in [5, 5.41) is 0. The number of hydrogen-bond acceptors (Lipinski definition) is 6. The zero-order chi connectivity index (χ0) is 24.5. The van der Waals surface area contributed by atoms with Gasteiger partial charge in [0.05, 0.1) is 25.3 Å². The molecule has 2 bridgehead atoms. The molecule has 2 aromatic carbocycles. The summed E-state index contributed by atoms with van der Waals surface area (Å²) < 4.78 is 22.8. The number of fused-ring (bicyclic) bond motifs is 3. The number of hydrogen-bond donors (Lipinski definition) is 0. The van der Waals surface area contributed by atoms with Gasteiger partial charge in [-0.3, -0.25) is 0 Å². The van der Waals surface area contributed by atoms with Crippen molar-refractivity contribution < 1.29 is 28.5 Å². The summed E-state index contributed by atoms with van der Waals surface area (Å²) in [6, 6.07) is 13.7. The first-order valence-electron chi connectivity index (χ1n) is 11.9. The van der Waals surface area contributed by atoms with Crippen molar-refractivity contribution in [2.75, 3.05) is 14.2 Å². The van der Waals surface area contributed by atoms with Gasteiger partial charge in [-0.15, -0.1) is 0 Å².